The van der Waals surface area contributed by atoms with Crippen LogP contribution in [0.1, 0.15) is 69.6 Å². The van der Waals surface area contributed by atoms with Gasteiger partial charge in [-0.3, -0.25) is 19.9 Å². The number of nitrogens with zero attached hydrogens (tertiary/aromatic N) is 5. The molecule has 4 aromatic rings. The maximum absolute atomic E-state index is 14.8. The second-order valence-electron chi connectivity index (χ2n) is 14.1. The van der Waals surface area contributed by atoms with Crippen molar-refractivity contribution in [3.63, 3.8) is 0 Å². The summed E-state index contributed by atoms with van der Waals surface area (Å²) in [6, 6.07) is 11.8. The number of pyridine rings is 1. The van der Waals surface area contributed by atoms with E-state index in [1.54, 1.807) is 44.2 Å². The summed E-state index contributed by atoms with van der Waals surface area (Å²) in [7, 11) is -3.59. The molecule has 2 aromatic heterocycles. The third-order valence-corrected chi connectivity index (χ3v) is 12.0. The molecule has 0 saturated carbocycles. The fourth-order valence-corrected chi connectivity index (χ4v) is 7.96. The van der Waals surface area contributed by atoms with E-state index in [-0.39, 0.29) is 52.6 Å². The Kier molecular flexibility index (Phi) is 11.7. The van der Waals surface area contributed by atoms with Gasteiger partial charge in [-0.1, -0.05) is 23.7 Å². The Balaban J connectivity index is 1.17. The molecule has 0 spiro atoms. The van der Waals surface area contributed by atoms with Gasteiger partial charge in [-0.2, -0.15) is 9.37 Å². The van der Waals surface area contributed by atoms with Crippen LogP contribution in [-0.4, -0.2) is 71.2 Å². The summed E-state index contributed by atoms with van der Waals surface area (Å²) in [6.07, 6.45) is 4.48. The van der Waals surface area contributed by atoms with Crippen LogP contribution < -0.4 is 25.6 Å². The number of ether oxygens (including phenoxy) is 1. The number of amides is 3. The Morgan fingerprint density at radius 2 is 1.74 bits per heavy atom. The Hall–Kier alpha value is -4.86. The van der Waals surface area contributed by atoms with Crippen molar-refractivity contribution in [1.82, 2.24) is 25.2 Å². The van der Waals surface area contributed by atoms with Gasteiger partial charge in [0.1, 0.15) is 10.8 Å². The average Bonchev–Trinajstić information content (AvgIpc) is 3.12. The molecule has 3 amide bonds. The van der Waals surface area contributed by atoms with Crippen molar-refractivity contribution in [2.24, 2.45) is 0 Å². The van der Waals surface area contributed by atoms with E-state index in [0.717, 1.165) is 37.1 Å². The van der Waals surface area contributed by atoms with Gasteiger partial charge >= 0.3 is 6.03 Å². The molecule has 4 heterocycles. The molecule has 2 saturated heterocycles. The zero-order valence-corrected chi connectivity index (χ0v) is 32.4. The Bertz CT molecular complexity index is 2160. The third-order valence-electron chi connectivity index (χ3n) is 9.47. The molecule has 0 bridgehead atoms. The van der Waals surface area contributed by atoms with E-state index in [9.17, 15) is 22.4 Å². The predicted octanol–water partition coefficient (Wildman–Crippen LogP) is 7.25. The topological polar surface area (TPSA) is 159 Å². The molecule has 2 aliphatic heterocycles. The summed E-state index contributed by atoms with van der Waals surface area (Å²) < 4.78 is 47.2. The van der Waals surface area contributed by atoms with Crippen molar-refractivity contribution < 1.29 is 27.1 Å². The first-order valence-corrected chi connectivity index (χ1v) is 19.8. The van der Waals surface area contributed by atoms with Crippen molar-refractivity contribution in [2.75, 3.05) is 35.2 Å². The monoisotopic (exact) mass is 778 g/mol. The van der Waals surface area contributed by atoms with Crippen LogP contribution in [0.2, 0.25) is 5.02 Å². The van der Waals surface area contributed by atoms with Crippen LogP contribution in [0.3, 0.4) is 0 Å². The first-order valence-electron chi connectivity index (χ1n) is 17.9. The molecule has 3 N–H and O–H groups in total. The van der Waals surface area contributed by atoms with Crippen LogP contribution in [0.5, 0.6) is 5.75 Å². The highest BCUT2D eigenvalue weighted by atomic mass is 35.5. The highest BCUT2D eigenvalue weighted by Gasteiger charge is 2.28. The van der Waals surface area contributed by atoms with Crippen molar-refractivity contribution in [2.45, 2.75) is 82.6 Å². The van der Waals surface area contributed by atoms with Crippen LogP contribution in [0.15, 0.2) is 59.8 Å². The first kappa shape index (κ1) is 38.9. The fraction of sp³-hybridized carbons (Fsp3) is 0.395. The molecule has 6 rings (SSSR count). The summed E-state index contributed by atoms with van der Waals surface area (Å²) in [5, 5.41) is 8.26. The molecule has 2 fully saturated rings. The van der Waals surface area contributed by atoms with Crippen molar-refractivity contribution in [3.8, 4) is 5.75 Å². The minimum Gasteiger partial charge on any atom is -0.489 e. The van der Waals surface area contributed by atoms with Gasteiger partial charge in [-0.25, -0.2) is 23.2 Å². The number of urea groups is 1. The van der Waals surface area contributed by atoms with Crippen LogP contribution in [0.25, 0.3) is 0 Å². The lowest BCUT2D eigenvalue weighted by Crippen LogP contribution is -2.49. The molecular formula is C38H44ClFN8O5S. The van der Waals surface area contributed by atoms with Gasteiger partial charge in [0.15, 0.2) is 15.7 Å². The van der Waals surface area contributed by atoms with Crippen molar-refractivity contribution in [1.29, 1.82) is 0 Å². The van der Waals surface area contributed by atoms with E-state index in [2.05, 4.69) is 41.9 Å². The number of aromatic nitrogens is 3. The number of anilines is 5. The fourth-order valence-electron chi connectivity index (χ4n) is 6.62. The zero-order chi connectivity index (χ0) is 38.7. The Morgan fingerprint density at radius 3 is 2.44 bits per heavy atom. The zero-order valence-electron chi connectivity index (χ0n) is 30.8. The summed E-state index contributed by atoms with van der Waals surface area (Å²) >= 11 is 6.48. The summed E-state index contributed by atoms with van der Waals surface area (Å²) in [4.78, 5) is 40.5. The minimum absolute atomic E-state index is 0.124. The van der Waals surface area contributed by atoms with Gasteiger partial charge in [0.05, 0.1) is 45.7 Å². The largest absolute Gasteiger partial charge is 0.489 e. The number of carbonyl (C=O) groups excluding carboxylic acids is 2. The number of benzene rings is 2. The molecule has 54 heavy (non-hydrogen) atoms. The highest BCUT2D eigenvalue weighted by Crippen LogP contribution is 2.39. The normalized spacial score (nSPS) is 15.8. The summed E-state index contributed by atoms with van der Waals surface area (Å²) in [5.41, 5.74) is 4.06. The lowest BCUT2D eigenvalue weighted by atomic mass is 9.86. The quantitative estimate of drug-likeness (QED) is 0.124. The number of rotatable bonds is 12. The second kappa shape index (κ2) is 16.2. The summed E-state index contributed by atoms with van der Waals surface area (Å²) in [5.74, 6) is 0.419. The van der Waals surface area contributed by atoms with E-state index < -0.39 is 27.1 Å². The molecule has 286 valence electrons. The van der Waals surface area contributed by atoms with Gasteiger partial charge < -0.3 is 15.4 Å². The third kappa shape index (κ3) is 8.74. The van der Waals surface area contributed by atoms with Crippen LogP contribution in [0, 0.1) is 12.9 Å². The van der Waals surface area contributed by atoms with Gasteiger partial charge in [0.2, 0.25) is 17.8 Å². The highest BCUT2D eigenvalue weighted by molar-refractivity contribution is 7.92. The van der Waals surface area contributed by atoms with Crippen LogP contribution >= 0.6 is 11.6 Å². The summed E-state index contributed by atoms with van der Waals surface area (Å²) in [6.45, 7) is 11.2. The first-order chi connectivity index (χ1) is 25.7. The smallest absolute Gasteiger partial charge is 0.328 e. The Morgan fingerprint density at radius 1 is 1.00 bits per heavy atom. The second-order valence-corrected chi connectivity index (χ2v) is 16.9. The standard InChI is InChI=1S/C38H44ClFN8O5S/c1-22(2)53-32-18-28(25-10-13-47(14-11-25)21-26-17-27(19-41-35(26)40)48-15-12-34(49)45-38(48)50)24(5)16-31(32)44-37-42-20-29(39)36(46-37)43-30-8-6-7-9-33(30)54(51,52)23(3)4/h6-9,16-20,22-23,25H,10-15,21H2,1-5H3,(H,45,49,50)(H2,42,43,44,46). The molecular weight excluding hydrogens is 735 g/mol. The molecule has 0 atom stereocenters. The molecule has 2 aromatic carbocycles. The van der Waals surface area contributed by atoms with E-state index in [1.165, 1.54) is 17.3 Å². The van der Waals surface area contributed by atoms with E-state index in [4.69, 9.17) is 16.3 Å². The SMILES string of the molecule is Cc1cc(Nc2ncc(Cl)c(Nc3ccccc3S(=O)(=O)C(C)C)n2)c(OC(C)C)cc1C1CCN(Cc2cc(N3CCC(=O)NC3=O)cnc2F)CC1. The number of hydrogen-bond acceptors (Lipinski definition) is 11. The minimum atomic E-state index is -3.59. The van der Waals surface area contributed by atoms with Crippen molar-refractivity contribution in [3.05, 3.63) is 82.5 Å². The molecule has 2 aliphatic rings. The number of halogens is 2. The lowest BCUT2D eigenvalue weighted by molar-refractivity contribution is -0.120. The van der Waals surface area contributed by atoms with Gasteiger partial charge in [0.25, 0.3) is 0 Å². The number of nitrogens with one attached hydrogen (secondary N) is 3. The molecule has 0 radical (unpaired) electrons. The van der Waals surface area contributed by atoms with Crippen molar-refractivity contribution >= 4 is 62.2 Å². The van der Waals surface area contributed by atoms with Crippen LogP contribution in [-0.2, 0) is 21.2 Å². The lowest BCUT2D eigenvalue weighted by Gasteiger charge is -2.33. The van der Waals surface area contributed by atoms with E-state index in [0.29, 0.717) is 34.9 Å². The number of sulfone groups is 1. The number of hydrogen-bond donors (Lipinski definition) is 3. The molecule has 16 heteroatoms. The number of imide groups is 1. The molecule has 13 nitrogen and oxygen atoms in total. The van der Waals surface area contributed by atoms with Gasteiger partial charge in [-0.15, -0.1) is 0 Å². The van der Waals surface area contributed by atoms with Crippen LogP contribution in [0.4, 0.5) is 38.0 Å². The Labute approximate surface area is 319 Å². The maximum atomic E-state index is 14.8. The molecule has 0 unspecified atom stereocenters. The molecule has 0 aliphatic carbocycles. The number of carbonyl (C=O) groups is 2. The number of aryl methyl sites for hydroxylation is 1. The average molecular weight is 779 g/mol. The van der Waals surface area contributed by atoms with E-state index in [1.807, 2.05) is 26.8 Å². The number of likely N-dealkylation sites (tertiary alicyclic amines) is 1. The van der Waals surface area contributed by atoms with Gasteiger partial charge in [-0.05, 0) is 108 Å². The predicted molar refractivity (Wildman–Crippen MR) is 206 cm³/mol. The number of piperidine rings is 1. The van der Waals surface area contributed by atoms with E-state index >= 15 is 0 Å². The van der Waals surface area contributed by atoms with Gasteiger partial charge in [0, 0.05) is 25.1 Å². The maximum Gasteiger partial charge on any atom is 0.328 e. The number of para-hydroxylation sites is 1.